The van der Waals surface area contributed by atoms with Crippen LogP contribution in [0.3, 0.4) is 0 Å². The van der Waals surface area contributed by atoms with Gasteiger partial charge in [0.2, 0.25) is 0 Å². The molecule has 0 aromatic rings. The minimum atomic E-state index is -0.979. The maximum absolute atomic E-state index is 9.71. The highest BCUT2D eigenvalue weighted by molar-refractivity contribution is 4.88. The van der Waals surface area contributed by atoms with Crippen molar-refractivity contribution in [2.75, 3.05) is 19.8 Å². The highest BCUT2D eigenvalue weighted by Gasteiger charge is 2.40. The fourth-order valence-corrected chi connectivity index (χ4v) is 2.32. The summed E-state index contributed by atoms with van der Waals surface area (Å²) in [6, 6.07) is 0. The molecule has 0 saturated carbocycles. The Balaban J connectivity index is 2.10. The second kappa shape index (κ2) is 10.3. The van der Waals surface area contributed by atoms with Gasteiger partial charge in [0.25, 0.3) is 0 Å². The van der Waals surface area contributed by atoms with Crippen molar-refractivity contribution in [3.05, 3.63) is 12.2 Å². The van der Waals surface area contributed by atoms with Crippen LogP contribution in [-0.2, 0) is 9.47 Å². The molecule has 4 atom stereocenters. The Morgan fingerprint density at radius 1 is 1.25 bits per heavy atom. The van der Waals surface area contributed by atoms with Crippen LogP contribution in [0.1, 0.15) is 39.0 Å². The van der Waals surface area contributed by atoms with Crippen LogP contribution >= 0.6 is 0 Å². The van der Waals surface area contributed by atoms with Gasteiger partial charge >= 0.3 is 0 Å². The zero-order chi connectivity index (χ0) is 14.8. The van der Waals surface area contributed by atoms with Crippen LogP contribution in [0.25, 0.3) is 0 Å². The lowest BCUT2D eigenvalue weighted by molar-refractivity contribution is -0.101. The molecule has 0 radical (unpaired) electrons. The zero-order valence-corrected chi connectivity index (χ0v) is 12.3. The molecule has 0 aliphatic carbocycles. The molecule has 1 heterocycles. The van der Waals surface area contributed by atoms with Gasteiger partial charge in [-0.05, 0) is 26.2 Å². The van der Waals surface area contributed by atoms with E-state index in [9.17, 15) is 15.3 Å². The molecule has 0 aromatic carbocycles. The summed E-state index contributed by atoms with van der Waals surface area (Å²) >= 11 is 0. The summed E-state index contributed by atoms with van der Waals surface area (Å²) in [5.41, 5.74) is 0. The molecule has 1 aliphatic rings. The maximum atomic E-state index is 9.71. The first-order valence-electron chi connectivity index (χ1n) is 7.52. The second-order valence-electron chi connectivity index (χ2n) is 5.22. The van der Waals surface area contributed by atoms with E-state index >= 15 is 0 Å². The second-order valence-corrected chi connectivity index (χ2v) is 5.22. The molecule has 0 amide bonds. The topological polar surface area (TPSA) is 79.2 Å². The van der Waals surface area contributed by atoms with Gasteiger partial charge in [-0.25, -0.2) is 0 Å². The van der Waals surface area contributed by atoms with Crippen LogP contribution < -0.4 is 0 Å². The molecular formula is C15H28O5. The van der Waals surface area contributed by atoms with Gasteiger partial charge in [-0.2, -0.15) is 0 Å². The van der Waals surface area contributed by atoms with E-state index in [1.807, 2.05) is 6.92 Å². The Morgan fingerprint density at radius 2 is 2.00 bits per heavy atom. The van der Waals surface area contributed by atoms with Crippen molar-refractivity contribution in [2.24, 2.45) is 0 Å². The quantitative estimate of drug-likeness (QED) is 0.413. The van der Waals surface area contributed by atoms with Gasteiger partial charge in [0.05, 0.1) is 13.2 Å². The van der Waals surface area contributed by atoms with Gasteiger partial charge in [-0.3, -0.25) is 0 Å². The van der Waals surface area contributed by atoms with E-state index in [4.69, 9.17) is 9.47 Å². The Morgan fingerprint density at radius 3 is 2.60 bits per heavy atom. The first-order valence-corrected chi connectivity index (χ1v) is 7.52. The zero-order valence-electron chi connectivity index (χ0n) is 12.3. The predicted octanol–water partition coefficient (Wildman–Crippen LogP) is 1.01. The minimum Gasteiger partial charge on any atom is -0.394 e. The van der Waals surface area contributed by atoms with Gasteiger partial charge < -0.3 is 24.8 Å². The van der Waals surface area contributed by atoms with Gasteiger partial charge in [0.1, 0.15) is 24.4 Å². The van der Waals surface area contributed by atoms with Gasteiger partial charge in [0, 0.05) is 6.61 Å². The molecule has 1 saturated heterocycles. The first kappa shape index (κ1) is 17.6. The number of hydrogen-bond acceptors (Lipinski definition) is 5. The number of unbranched alkanes of at least 4 members (excludes halogenated alkanes) is 4. The highest BCUT2D eigenvalue weighted by atomic mass is 16.6. The molecule has 118 valence electrons. The number of hydrogen-bond donors (Lipinski definition) is 3. The normalized spacial score (nSPS) is 28.3. The van der Waals surface area contributed by atoms with E-state index in [0.29, 0.717) is 6.61 Å². The van der Waals surface area contributed by atoms with Crippen molar-refractivity contribution in [1.82, 2.24) is 0 Å². The predicted molar refractivity (Wildman–Crippen MR) is 76.5 cm³/mol. The summed E-state index contributed by atoms with van der Waals surface area (Å²) in [6.07, 6.45) is 6.66. The Kier molecular flexibility index (Phi) is 9.05. The smallest absolute Gasteiger partial charge is 0.114 e. The lowest BCUT2D eigenvalue weighted by atomic mass is 10.1. The molecular weight excluding hydrogens is 260 g/mol. The number of aliphatic hydroxyl groups excluding tert-OH is 3. The third kappa shape index (κ3) is 5.89. The highest BCUT2D eigenvalue weighted by Crippen LogP contribution is 2.19. The van der Waals surface area contributed by atoms with Crippen molar-refractivity contribution in [3.63, 3.8) is 0 Å². The molecule has 1 aliphatic heterocycles. The summed E-state index contributed by atoms with van der Waals surface area (Å²) in [5, 5.41) is 28.4. The van der Waals surface area contributed by atoms with Crippen LogP contribution in [-0.4, -0.2) is 59.6 Å². The van der Waals surface area contributed by atoms with Crippen LogP contribution in [0.2, 0.25) is 0 Å². The molecule has 3 N–H and O–H groups in total. The van der Waals surface area contributed by atoms with Crippen LogP contribution in [0, 0.1) is 0 Å². The molecule has 0 aromatic heterocycles. The van der Waals surface area contributed by atoms with Crippen molar-refractivity contribution in [1.29, 1.82) is 0 Å². The Labute approximate surface area is 121 Å². The van der Waals surface area contributed by atoms with Gasteiger partial charge in [-0.1, -0.05) is 25.0 Å². The first-order chi connectivity index (χ1) is 9.70. The van der Waals surface area contributed by atoms with E-state index < -0.39 is 24.4 Å². The van der Waals surface area contributed by atoms with E-state index in [1.165, 1.54) is 12.8 Å². The maximum Gasteiger partial charge on any atom is 0.114 e. The monoisotopic (exact) mass is 288 g/mol. The van der Waals surface area contributed by atoms with Crippen molar-refractivity contribution in [2.45, 2.75) is 63.4 Å². The summed E-state index contributed by atoms with van der Waals surface area (Å²) in [6.45, 7) is 2.45. The van der Waals surface area contributed by atoms with E-state index in [1.54, 1.807) is 0 Å². The molecule has 0 bridgehead atoms. The molecule has 5 nitrogen and oxygen atoms in total. The number of ether oxygens (including phenoxy) is 2. The fraction of sp³-hybridized carbons (Fsp3) is 0.867. The average Bonchev–Trinajstić information content (AvgIpc) is 2.78. The Bertz CT molecular complexity index is 269. The van der Waals surface area contributed by atoms with Gasteiger partial charge in [0.15, 0.2) is 0 Å². The van der Waals surface area contributed by atoms with Crippen LogP contribution in [0.4, 0.5) is 0 Å². The number of aliphatic hydroxyl groups is 3. The standard InChI is InChI=1S/C15H28O5/c1-2-3-4-5-6-7-8-9-19-13(10-16)15-14(18)12(17)11-20-15/h2-3,12-18H,4-11H2,1H3/b3-2+/t12-,13+,14-,15-/m1/s1. The molecule has 0 spiro atoms. The lowest BCUT2D eigenvalue weighted by Gasteiger charge is -2.24. The van der Waals surface area contributed by atoms with E-state index in [0.717, 1.165) is 19.3 Å². The van der Waals surface area contributed by atoms with Gasteiger partial charge in [-0.15, -0.1) is 0 Å². The largest absolute Gasteiger partial charge is 0.394 e. The summed E-state index contributed by atoms with van der Waals surface area (Å²) < 4.78 is 10.8. The summed E-state index contributed by atoms with van der Waals surface area (Å²) in [5.74, 6) is 0. The lowest BCUT2D eigenvalue weighted by Crippen LogP contribution is -2.42. The molecule has 20 heavy (non-hydrogen) atoms. The third-order valence-corrected chi connectivity index (χ3v) is 3.57. The van der Waals surface area contributed by atoms with Crippen molar-refractivity contribution < 1.29 is 24.8 Å². The fourth-order valence-electron chi connectivity index (χ4n) is 2.32. The van der Waals surface area contributed by atoms with Crippen LogP contribution in [0.5, 0.6) is 0 Å². The number of rotatable bonds is 10. The summed E-state index contributed by atoms with van der Waals surface area (Å²) in [7, 11) is 0. The van der Waals surface area contributed by atoms with Crippen molar-refractivity contribution >= 4 is 0 Å². The van der Waals surface area contributed by atoms with E-state index in [-0.39, 0.29) is 13.2 Å². The molecule has 0 unspecified atom stereocenters. The number of allylic oxidation sites excluding steroid dienone is 2. The van der Waals surface area contributed by atoms with E-state index in [2.05, 4.69) is 12.2 Å². The molecule has 5 heteroatoms. The Hall–Kier alpha value is -0.460. The SMILES string of the molecule is C/C=C/CCCCCCO[C@@H](CO)[C@H]1OC[C@@H](O)[C@H]1O. The average molecular weight is 288 g/mol. The third-order valence-electron chi connectivity index (χ3n) is 3.57. The minimum absolute atomic E-state index is 0.0939. The van der Waals surface area contributed by atoms with Crippen molar-refractivity contribution in [3.8, 4) is 0 Å². The molecule has 1 fully saturated rings. The summed E-state index contributed by atoms with van der Waals surface area (Å²) in [4.78, 5) is 0. The molecule has 1 rings (SSSR count). The van der Waals surface area contributed by atoms with Crippen LogP contribution in [0.15, 0.2) is 12.2 Å².